The predicted octanol–water partition coefficient (Wildman–Crippen LogP) is 0.779. The van der Waals surface area contributed by atoms with Crippen molar-refractivity contribution in [2.75, 3.05) is 13.2 Å². The fourth-order valence-corrected chi connectivity index (χ4v) is 0.746. The van der Waals surface area contributed by atoms with Crippen LogP contribution < -0.4 is 5.32 Å². The van der Waals surface area contributed by atoms with E-state index >= 15 is 0 Å². The Morgan fingerprint density at radius 3 is 2.50 bits per heavy atom. The largest absolute Gasteiger partial charge is 0.395 e. The van der Waals surface area contributed by atoms with Crippen LogP contribution in [0.2, 0.25) is 0 Å². The van der Waals surface area contributed by atoms with Crippen LogP contribution in [0.4, 0.5) is 0 Å². The fourth-order valence-electron chi connectivity index (χ4n) is 0.746. The zero-order valence-electron chi connectivity index (χ0n) is 6.80. The Hall–Kier alpha value is -0.340. The van der Waals surface area contributed by atoms with Crippen molar-refractivity contribution in [1.29, 1.82) is 0 Å². The van der Waals surface area contributed by atoms with Crippen molar-refractivity contribution in [3.63, 3.8) is 0 Å². The molecule has 0 aliphatic carbocycles. The van der Waals surface area contributed by atoms with Crippen LogP contribution in [0.15, 0.2) is 12.7 Å². The lowest BCUT2D eigenvalue weighted by molar-refractivity contribution is 0.215. The zero-order valence-corrected chi connectivity index (χ0v) is 6.80. The molecule has 0 aromatic rings. The smallest absolute Gasteiger partial charge is 0.0587 e. The third-order valence-electron chi connectivity index (χ3n) is 1.53. The van der Waals surface area contributed by atoms with Gasteiger partial charge in [-0.2, -0.15) is 0 Å². The van der Waals surface area contributed by atoms with Gasteiger partial charge in [0.2, 0.25) is 0 Å². The summed E-state index contributed by atoms with van der Waals surface area (Å²) in [6.45, 7) is 8.71. The summed E-state index contributed by atoms with van der Waals surface area (Å²) in [5, 5.41) is 12.0. The van der Waals surface area contributed by atoms with Crippen molar-refractivity contribution in [3.05, 3.63) is 12.7 Å². The fraction of sp³-hybridized carbons (Fsp3) is 0.750. The number of aliphatic hydroxyl groups is 1. The second kappa shape index (κ2) is 5.45. The maximum Gasteiger partial charge on any atom is 0.0587 e. The molecule has 0 aromatic carbocycles. The van der Waals surface area contributed by atoms with Gasteiger partial charge in [-0.3, -0.25) is 0 Å². The van der Waals surface area contributed by atoms with Crippen molar-refractivity contribution < 1.29 is 5.11 Å². The van der Waals surface area contributed by atoms with Crippen molar-refractivity contribution in [3.8, 4) is 0 Å². The molecular weight excluding hydrogens is 126 g/mol. The summed E-state index contributed by atoms with van der Waals surface area (Å²) >= 11 is 0. The van der Waals surface area contributed by atoms with Gasteiger partial charge in [-0.15, -0.1) is 6.58 Å². The molecule has 0 radical (unpaired) electrons. The van der Waals surface area contributed by atoms with Crippen LogP contribution in [0.1, 0.15) is 13.8 Å². The summed E-state index contributed by atoms with van der Waals surface area (Å²) in [6.07, 6.45) is 1.80. The highest BCUT2D eigenvalue weighted by atomic mass is 16.3. The van der Waals surface area contributed by atoms with E-state index < -0.39 is 0 Å². The monoisotopic (exact) mass is 143 g/mol. The molecule has 0 aliphatic heterocycles. The number of hydrogen-bond acceptors (Lipinski definition) is 2. The molecule has 2 heteroatoms. The third-order valence-corrected chi connectivity index (χ3v) is 1.53. The molecule has 0 aromatic heterocycles. The first-order chi connectivity index (χ1) is 4.72. The maximum atomic E-state index is 8.83. The molecule has 1 unspecified atom stereocenters. The van der Waals surface area contributed by atoms with E-state index in [4.69, 9.17) is 5.11 Å². The van der Waals surface area contributed by atoms with Crippen LogP contribution in [0.3, 0.4) is 0 Å². The van der Waals surface area contributed by atoms with Crippen LogP contribution in [0, 0.1) is 5.92 Å². The van der Waals surface area contributed by atoms with Crippen LogP contribution >= 0.6 is 0 Å². The highest BCUT2D eigenvalue weighted by Gasteiger charge is 2.08. The zero-order chi connectivity index (χ0) is 7.98. The second-order valence-corrected chi connectivity index (χ2v) is 2.73. The molecule has 0 bridgehead atoms. The van der Waals surface area contributed by atoms with E-state index in [1.165, 1.54) is 0 Å². The summed E-state index contributed by atoms with van der Waals surface area (Å²) in [6, 6.07) is 0.206. The van der Waals surface area contributed by atoms with Gasteiger partial charge in [0, 0.05) is 12.6 Å². The molecule has 0 aliphatic rings. The first kappa shape index (κ1) is 9.66. The Kier molecular flexibility index (Phi) is 5.26. The molecular formula is C8H17NO. The van der Waals surface area contributed by atoms with Crippen molar-refractivity contribution in [2.45, 2.75) is 19.9 Å². The van der Waals surface area contributed by atoms with Crippen LogP contribution in [0.25, 0.3) is 0 Å². The highest BCUT2D eigenvalue weighted by Crippen LogP contribution is 1.98. The number of rotatable bonds is 5. The molecule has 0 heterocycles. The molecule has 0 amide bonds. The van der Waals surface area contributed by atoms with E-state index in [2.05, 4.69) is 25.7 Å². The second-order valence-electron chi connectivity index (χ2n) is 2.73. The first-order valence-corrected chi connectivity index (χ1v) is 3.67. The summed E-state index contributed by atoms with van der Waals surface area (Å²) in [7, 11) is 0. The summed E-state index contributed by atoms with van der Waals surface area (Å²) in [5.74, 6) is 0.477. The van der Waals surface area contributed by atoms with E-state index in [9.17, 15) is 0 Å². The van der Waals surface area contributed by atoms with E-state index in [1.54, 1.807) is 6.08 Å². The Bertz CT molecular complexity index is 91.3. The van der Waals surface area contributed by atoms with Crippen LogP contribution in [0.5, 0.6) is 0 Å². The Morgan fingerprint density at radius 2 is 2.20 bits per heavy atom. The number of hydrogen-bond donors (Lipinski definition) is 2. The summed E-state index contributed by atoms with van der Waals surface area (Å²) in [5.41, 5.74) is 0. The van der Waals surface area contributed by atoms with Crippen LogP contribution in [-0.4, -0.2) is 24.3 Å². The molecule has 2 N–H and O–H groups in total. The molecule has 1 atom stereocenters. The van der Waals surface area contributed by atoms with Gasteiger partial charge in [0.15, 0.2) is 0 Å². The van der Waals surface area contributed by atoms with E-state index in [1.807, 2.05) is 0 Å². The quantitative estimate of drug-likeness (QED) is 0.557. The maximum absolute atomic E-state index is 8.83. The van der Waals surface area contributed by atoms with Gasteiger partial charge in [-0.25, -0.2) is 0 Å². The van der Waals surface area contributed by atoms with E-state index in [0.29, 0.717) is 5.92 Å². The molecule has 2 nitrogen and oxygen atoms in total. The van der Waals surface area contributed by atoms with Crippen LogP contribution in [-0.2, 0) is 0 Å². The van der Waals surface area contributed by atoms with E-state index in [0.717, 1.165) is 6.54 Å². The van der Waals surface area contributed by atoms with Gasteiger partial charge in [0.25, 0.3) is 0 Å². The summed E-state index contributed by atoms with van der Waals surface area (Å²) < 4.78 is 0. The highest BCUT2D eigenvalue weighted by molar-refractivity contribution is 4.76. The Morgan fingerprint density at radius 1 is 1.60 bits per heavy atom. The minimum atomic E-state index is 0.200. The Balaban J connectivity index is 3.49. The first-order valence-electron chi connectivity index (χ1n) is 3.67. The van der Waals surface area contributed by atoms with Crippen molar-refractivity contribution in [1.82, 2.24) is 5.32 Å². The van der Waals surface area contributed by atoms with Gasteiger partial charge in [0.1, 0.15) is 0 Å². The summed E-state index contributed by atoms with van der Waals surface area (Å²) in [4.78, 5) is 0. The van der Waals surface area contributed by atoms with Gasteiger partial charge in [-0.05, 0) is 5.92 Å². The van der Waals surface area contributed by atoms with Gasteiger partial charge >= 0.3 is 0 Å². The molecule has 0 rings (SSSR count). The Labute approximate surface area is 62.9 Å². The molecule has 60 valence electrons. The average molecular weight is 143 g/mol. The standard InChI is InChI=1S/C8H17NO/c1-4-5-9-8(6-10)7(2)3/h4,7-10H,1,5-6H2,2-3H3. The van der Waals surface area contributed by atoms with Crippen molar-refractivity contribution in [2.24, 2.45) is 5.92 Å². The minimum Gasteiger partial charge on any atom is -0.395 e. The lowest BCUT2D eigenvalue weighted by Gasteiger charge is -2.18. The SMILES string of the molecule is C=CCNC(CO)C(C)C. The lowest BCUT2D eigenvalue weighted by atomic mass is 10.1. The van der Waals surface area contributed by atoms with Gasteiger partial charge in [0.05, 0.1) is 6.61 Å². The number of nitrogens with one attached hydrogen (secondary N) is 1. The van der Waals surface area contributed by atoms with Gasteiger partial charge < -0.3 is 10.4 Å². The molecule has 0 fully saturated rings. The lowest BCUT2D eigenvalue weighted by Crippen LogP contribution is -2.36. The molecule has 0 saturated heterocycles. The van der Waals surface area contributed by atoms with Crippen molar-refractivity contribution >= 4 is 0 Å². The predicted molar refractivity (Wildman–Crippen MR) is 43.9 cm³/mol. The third kappa shape index (κ3) is 3.64. The van der Waals surface area contributed by atoms with E-state index in [-0.39, 0.29) is 12.6 Å². The van der Waals surface area contributed by atoms with Gasteiger partial charge in [-0.1, -0.05) is 19.9 Å². The minimum absolute atomic E-state index is 0.200. The molecule has 0 saturated carbocycles. The topological polar surface area (TPSA) is 32.3 Å². The molecule has 0 spiro atoms. The average Bonchev–Trinajstić information content (AvgIpc) is 1.89. The molecule has 10 heavy (non-hydrogen) atoms. The normalized spacial score (nSPS) is 13.6. The number of aliphatic hydroxyl groups excluding tert-OH is 1.